The van der Waals surface area contributed by atoms with E-state index in [4.69, 9.17) is 5.10 Å². The Morgan fingerprint density at radius 2 is 2.00 bits per heavy atom. The van der Waals surface area contributed by atoms with E-state index in [0.717, 1.165) is 13.0 Å². The molecule has 110 valence electrons. The Bertz CT molecular complexity index is 522. The van der Waals surface area contributed by atoms with Crippen molar-refractivity contribution in [2.75, 3.05) is 6.54 Å². The summed E-state index contributed by atoms with van der Waals surface area (Å²) in [5.41, 5.74) is 2.46. The van der Waals surface area contributed by atoms with E-state index in [2.05, 4.69) is 43.4 Å². The molecule has 2 aromatic rings. The van der Waals surface area contributed by atoms with Crippen LogP contribution in [-0.4, -0.2) is 22.4 Å². The lowest BCUT2D eigenvalue weighted by Gasteiger charge is -2.17. The number of aromatic nitrogens is 2. The Balaban J connectivity index is 2.14. The van der Waals surface area contributed by atoms with Crippen molar-refractivity contribution in [2.45, 2.75) is 52.0 Å². The number of rotatable bonds is 8. The molecule has 20 heavy (non-hydrogen) atoms. The first-order valence-corrected chi connectivity index (χ1v) is 7.90. The maximum atomic E-state index is 4.72. The summed E-state index contributed by atoms with van der Waals surface area (Å²) in [4.78, 5) is 0. The molecular formula is C17H27N3. The number of aryl methyl sites for hydroxylation is 1. The summed E-state index contributed by atoms with van der Waals surface area (Å²) in [7, 11) is 2.03. The monoisotopic (exact) mass is 273 g/mol. The number of hydrogen-bond acceptors (Lipinski definition) is 2. The lowest BCUT2D eigenvalue weighted by Crippen LogP contribution is -2.32. The molecule has 0 amide bonds. The van der Waals surface area contributed by atoms with E-state index in [1.807, 2.05) is 11.7 Å². The molecule has 3 heteroatoms. The third-order valence-corrected chi connectivity index (χ3v) is 3.86. The molecule has 1 heterocycles. The van der Waals surface area contributed by atoms with Gasteiger partial charge >= 0.3 is 0 Å². The Kier molecular flexibility index (Phi) is 5.60. The predicted octanol–water partition coefficient (Wildman–Crippen LogP) is 3.67. The highest BCUT2D eigenvalue weighted by molar-refractivity contribution is 5.81. The Labute approximate surface area is 122 Å². The number of hydrogen-bond donors (Lipinski definition) is 1. The smallest absolute Gasteiger partial charge is 0.0718 e. The Morgan fingerprint density at radius 1 is 1.20 bits per heavy atom. The fraction of sp³-hybridized carbons (Fsp3) is 0.588. The van der Waals surface area contributed by atoms with Gasteiger partial charge in [-0.2, -0.15) is 5.10 Å². The fourth-order valence-electron chi connectivity index (χ4n) is 2.75. The quantitative estimate of drug-likeness (QED) is 0.795. The molecule has 0 spiro atoms. The van der Waals surface area contributed by atoms with E-state index in [0.29, 0.717) is 6.04 Å². The summed E-state index contributed by atoms with van der Waals surface area (Å²) in [5.74, 6) is 0. The van der Waals surface area contributed by atoms with Gasteiger partial charge < -0.3 is 5.32 Å². The van der Waals surface area contributed by atoms with Crippen LogP contribution in [0.4, 0.5) is 0 Å². The van der Waals surface area contributed by atoms with Crippen molar-refractivity contribution < 1.29 is 0 Å². The number of fused-ring (bicyclic) bond motifs is 1. The van der Waals surface area contributed by atoms with Gasteiger partial charge in [-0.25, -0.2) is 0 Å². The highest BCUT2D eigenvalue weighted by Gasteiger charge is 2.14. The summed E-state index contributed by atoms with van der Waals surface area (Å²) < 4.78 is 2.00. The summed E-state index contributed by atoms with van der Waals surface area (Å²) in [6.07, 6.45) is 5.99. The van der Waals surface area contributed by atoms with Gasteiger partial charge in [0.05, 0.1) is 11.2 Å². The van der Waals surface area contributed by atoms with E-state index in [1.54, 1.807) is 0 Å². The molecule has 0 saturated heterocycles. The van der Waals surface area contributed by atoms with E-state index < -0.39 is 0 Å². The van der Waals surface area contributed by atoms with Crippen LogP contribution in [-0.2, 0) is 13.5 Å². The molecule has 0 radical (unpaired) electrons. The lowest BCUT2D eigenvalue weighted by molar-refractivity contribution is 0.458. The maximum absolute atomic E-state index is 4.72. The van der Waals surface area contributed by atoms with Gasteiger partial charge in [0, 0.05) is 24.9 Å². The highest BCUT2D eigenvalue weighted by atomic mass is 15.3. The number of para-hydroxylation sites is 1. The van der Waals surface area contributed by atoms with E-state index in [-0.39, 0.29) is 0 Å². The second kappa shape index (κ2) is 7.44. The van der Waals surface area contributed by atoms with Crippen LogP contribution in [0, 0.1) is 0 Å². The molecule has 0 saturated carbocycles. The van der Waals surface area contributed by atoms with Crippen LogP contribution in [0.2, 0.25) is 0 Å². The van der Waals surface area contributed by atoms with Crippen LogP contribution in [0.1, 0.15) is 45.2 Å². The van der Waals surface area contributed by atoms with E-state index in [9.17, 15) is 0 Å². The first-order valence-electron chi connectivity index (χ1n) is 7.90. The summed E-state index contributed by atoms with van der Waals surface area (Å²) in [6, 6.07) is 9.07. The van der Waals surface area contributed by atoms with Crippen molar-refractivity contribution in [3.63, 3.8) is 0 Å². The normalized spacial score (nSPS) is 12.9. The predicted molar refractivity (Wildman–Crippen MR) is 86.0 cm³/mol. The zero-order valence-electron chi connectivity index (χ0n) is 13.0. The zero-order valence-corrected chi connectivity index (χ0v) is 13.0. The molecule has 1 N–H and O–H groups in total. The van der Waals surface area contributed by atoms with Gasteiger partial charge in [0.15, 0.2) is 0 Å². The standard InChI is InChI=1S/C17H27N3/c1-4-6-9-14(18-12-5-2)13-16-15-10-7-8-11-17(15)20(3)19-16/h7-8,10-11,14,18H,4-6,9,12-13H2,1-3H3. The van der Waals surface area contributed by atoms with Gasteiger partial charge in [0.25, 0.3) is 0 Å². The lowest BCUT2D eigenvalue weighted by atomic mass is 10.0. The molecule has 1 aromatic carbocycles. The minimum Gasteiger partial charge on any atom is -0.314 e. The molecule has 1 unspecified atom stereocenters. The van der Waals surface area contributed by atoms with Gasteiger partial charge in [-0.3, -0.25) is 4.68 Å². The third-order valence-electron chi connectivity index (χ3n) is 3.86. The van der Waals surface area contributed by atoms with Gasteiger partial charge in [-0.1, -0.05) is 44.9 Å². The maximum Gasteiger partial charge on any atom is 0.0718 e. The summed E-state index contributed by atoms with van der Waals surface area (Å²) in [5, 5.41) is 9.70. The van der Waals surface area contributed by atoms with Crippen LogP contribution >= 0.6 is 0 Å². The van der Waals surface area contributed by atoms with Crippen LogP contribution in [0.3, 0.4) is 0 Å². The number of nitrogens with zero attached hydrogens (tertiary/aromatic N) is 2. The molecule has 0 aliphatic heterocycles. The molecule has 2 rings (SSSR count). The van der Waals surface area contributed by atoms with Crippen LogP contribution < -0.4 is 5.32 Å². The first-order chi connectivity index (χ1) is 9.76. The summed E-state index contributed by atoms with van der Waals surface area (Å²) in [6.45, 7) is 5.58. The van der Waals surface area contributed by atoms with Crippen molar-refractivity contribution >= 4 is 10.9 Å². The van der Waals surface area contributed by atoms with Gasteiger partial charge in [-0.15, -0.1) is 0 Å². The average Bonchev–Trinajstić information content (AvgIpc) is 2.79. The minimum absolute atomic E-state index is 0.549. The molecule has 3 nitrogen and oxygen atoms in total. The molecule has 1 atom stereocenters. The number of benzene rings is 1. The SMILES string of the molecule is CCCCC(Cc1nn(C)c2ccccc12)NCCC. The first kappa shape index (κ1) is 15.0. The highest BCUT2D eigenvalue weighted by Crippen LogP contribution is 2.19. The topological polar surface area (TPSA) is 29.9 Å². The van der Waals surface area contributed by atoms with Crippen molar-refractivity contribution in [1.29, 1.82) is 0 Å². The fourth-order valence-corrected chi connectivity index (χ4v) is 2.75. The van der Waals surface area contributed by atoms with Gasteiger partial charge in [-0.05, 0) is 25.5 Å². The van der Waals surface area contributed by atoms with Crippen LogP contribution in [0.25, 0.3) is 10.9 Å². The Morgan fingerprint density at radius 3 is 2.75 bits per heavy atom. The zero-order chi connectivity index (χ0) is 14.4. The van der Waals surface area contributed by atoms with Crippen LogP contribution in [0.15, 0.2) is 24.3 Å². The largest absolute Gasteiger partial charge is 0.314 e. The van der Waals surface area contributed by atoms with Gasteiger partial charge in [0.2, 0.25) is 0 Å². The third kappa shape index (κ3) is 3.60. The molecular weight excluding hydrogens is 246 g/mol. The van der Waals surface area contributed by atoms with Crippen LogP contribution in [0.5, 0.6) is 0 Å². The minimum atomic E-state index is 0.549. The Hall–Kier alpha value is -1.35. The molecule has 1 aromatic heterocycles. The molecule has 0 aliphatic rings. The second-order valence-corrected chi connectivity index (χ2v) is 5.58. The summed E-state index contributed by atoms with van der Waals surface area (Å²) >= 11 is 0. The van der Waals surface area contributed by atoms with Crippen molar-refractivity contribution in [2.24, 2.45) is 7.05 Å². The molecule has 0 bridgehead atoms. The number of nitrogens with one attached hydrogen (secondary N) is 1. The molecule has 0 fully saturated rings. The average molecular weight is 273 g/mol. The van der Waals surface area contributed by atoms with Crippen molar-refractivity contribution in [3.05, 3.63) is 30.0 Å². The number of unbranched alkanes of at least 4 members (excludes halogenated alkanes) is 1. The van der Waals surface area contributed by atoms with E-state index in [1.165, 1.54) is 42.3 Å². The van der Waals surface area contributed by atoms with Crippen molar-refractivity contribution in [3.8, 4) is 0 Å². The van der Waals surface area contributed by atoms with Crippen molar-refractivity contribution in [1.82, 2.24) is 15.1 Å². The second-order valence-electron chi connectivity index (χ2n) is 5.58. The molecule has 0 aliphatic carbocycles. The van der Waals surface area contributed by atoms with Gasteiger partial charge in [0.1, 0.15) is 0 Å². The van der Waals surface area contributed by atoms with E-state index >= 15 is 0 Å².